The molecule has 0 unspecified atom stereocenters. The first-order valence-electron chi connectivity index (χ1n) is 11.1. The highest BCUT2D eigenvalue weighted by atomic mass is 32.2. The van der Waals surface area contributed by atoms with E-state index in [4.69, 9.17) is 5.14 Å². The van der Waals surface area contributed by atoms with Crippen LogP contribution in [-0.2, 0) is 27.1 Å². The molecule has 6 nitrogen and oxygen atoms in total. The van der Waals surface area contributed by atoms with E-state index in [1.165, 1.54) is 0 Å². The second kappa shape index (κ2) is 8.58. The number of hydrogen-bond acceptors (Lipinski definition) is 3. The van der Waals surface area contributed by atoms with E-state index in [2.05, 4.69) is 10.0 Å². The Morgan fingerprint density at radius 2 is 1.57 bits per heavy atom. The highest BCUT2D eigenvalue weighted by molar-refractivity contribution is 7.87. The Morgan fingerprint density at radius 1 is 0.943 bits per heavy atom. The van der Waals surface area contributed by atoms with E-state index in [9.17, 15) is 43.9 Å². The molecule has 4 N–H and O–H groups in total. The summed E-state index contributed by atoms with van der Waals surface area (Å²) in [6.45, 7) is 0. The molecular formula is C21H24F7N3O3S. The molecule has 2 saturated carbocycles. The first-order chi connectivity index (χ1) is 16.0. The number of alkyl halides is 7. The number of carbonyl (C=O) groups is 1. The highest BCUT2D eigenvalue weighted by Gasteiger charge is 2.73. The predicted octanol–water partition coefficient (Wildman–Crippen LogP) is 3.47. The second-order valence-electron chi connectivity index (χ2n) is 9.60. The van der Waals surface area contributed by atoms with Crippen LogP contribution in [0.2, 0.25) is 0 Å². The van der Waals surface area contributed by atoms with E-state index in [-0.39, 0.29) is 47.7 Å². The fourth-order valence-corrected chi connectivity index (χ4v) is 6.42. The summed E-state index contributed by atoms with van der Waals surface area (Å²) < 4.78 is 118. The summed E-state index contributed by atoms with van der Waals surface area (Å²) in [5, 5.41) is 7.80. The van der Waals surface area contributed by atoms with Crippen LogP contribution in [0.5, 0.6) is 0 Å². The first kappa shape index (κ1) is 26.1. The standard InChI is InChI=1S/C21H24F7N3O3S/c22-19(20(23,24)25,21(26,27)28)11-2-4-14-10(7-11)1-3-16-15(14)5-6-17(16)18(32)30-12-8-13(9-12)31-35(29,33)34/h2,4,7,12-13,15-17,31H,1,3,5-6,8-9H2,(H,30,32)(H2,29,33,34)/t12?,13?,15-,16+,17+/m0/s1. The van der Waals surface area contributed by atoms with Crippen molar-refractivity contribution in [2.75, 3.05) is 0 Å². The van der Waals surface area contributed by atoms with Gasteiger partial charge in [-0.05, 0) is 61.5 Å². The van der Waals surface area contributed by atoms with Crippen molar-refractivity contribution < 1.29 is 43.9 Å². The lowest BCUT2D eigenvalue weighted by Crippen LogP contribution is -2.55. The van der Waals surface area contributed by atoms with Gasteiger partial charge in [-0.25, -0.2) is 9.53 Å². The topological polar surface area (TPSA) is 101 Å². The Morgan fingerprint density at radius 3 is 2.14 bits per heavy atom. The Bertz CT molecular complexity index is 1090. The van der Waals surface area contributed by atoms with Gasteiger partial charge in [0.25, 0.3) is 10.2 Å². The maximum Gasteiger partial charge on any atom is 0.435 e. The SMILES string of the molecule is NS(=O)(=O)NC1CC(NC(=O)[C@@H]2CC[C@H]3c4ccc(C(F)(C(F)(F)F)C(F)(F)F)cc4CC[C@@H]23)C1. The van der Waals surface area contributed by atoms with Crippen molar-refractivity contribution in [2.24, 2.45) is 17.0 Å². The van der Waals surface area contributed by atoms with Crippen LogP contribution in [0.15, 0.2) is 18.2 Å². The third kappa shape index (κ3) is 4.76. The molecule has 1 amide bonds. The van der Waals surface area contributed by atoms with Crippen LogP contribution in [0.3, 0.4) is 0 Å². The molecule has 0 radical (unpaired) electrons. The van der Waals surface area contributed by atoms with Crippen LogP contribution in [0.4, 0.5) is 30.7 Å². The second-order valence-corrected chi connectivity index (χ2v) is 10.9. The molecule has 2 fully saturated rings. The summed E-state index contributed by atoms with van der Waals surface area (Å²) >= 11 is 0. The van der Waals surface area contributed by atoms with Crippen LogP contribution < -0.4 is 15.2 Å². The van der Waals surface area contributed by atoms with Crippen molar-refractivity contribution >= 4 is 16.1 Å². The minimum absolute atomic E-state index is 0.129. The number of fused-ring (bicyclic) bond motifs is 3. The number of nitrogens with one attached hydrogen (secondary N) is 2. The molecule has 3 atom stereocenters. The highest BCUT2D eigenvalue weighted by Crippen LogP contribution is 2.55. The first-order valence-corrected chi connectivity index (χ1v) is 12.6. The van der Waals surface area contributed by atoms with Crippen molar-refractivity contribution in [1.82, 2.24) is 10.0 Å². The van der Waals surface area contributed by atoms with Crippen molar-refractivity contribution in [3.05, 3.63) is 34.9 Å². The molecule has 0 heterocycles. The van der Waals surface area contributed by atoms with Gasteiger partial charge in [0.05, 0.1) is 0 Å². The van der Waals surface area contributed by atoms with Crippen LogP contribution in [-0.4, -0.2) is 38.8 Å². The molecule has 1 aromatic rings. The quantitative estimate of drug-likeness (QED) is 0.508. The summed E-state index contributed by atoms with van der Waals surface area (Å²) in [6, 6.07) is 1.75. The third-order valence-corrected chi connectivity index (χ3v) is 8.10. The molecule has 35 heavy (non-hydrogen) atoms. The predicted molar refractivity (Wildman–Crippen MR) is 110 cm³/mol. The molecule has 0 aliphatic heterocycles. The van der Waals surface area contributed by atoms with Gasteiger partial charge in [-0.2, -0.15) is 39.5 Å². The summed E-state index contributed by atoms with van der Waals surface area (Å²) in [5.74, 6) is -0.975. The number of benzene rings is 1. The maximum absolute atomic E-state index is 14.5. The van der Waals surface area contributed by atoms with Gasteiger partial charge in [-0.1, -0.05) is 18.2 Å². The number of carbonyl (C=O) groups excluding carboxylic acids is 1. The summed E-state index contributed by atoms with van der Waals surface area (Å²) in [6.07, 6.45) is -10.0. The van der Waals surface area contributed by atoms with Gasteiger partial charge in [-0.15, -0.1) is 0 Å². The number of aryl methyl sites for hydroxylation is 1. The molecule has 0 saturated heterocycles. The number of hydrogen-bond donors (Lipinski definition) is 3. The fourth-order valence-electron chi connectivity index (χ4n) is 5.76. The van der Waals surface area contributed by atoms with E-state index in [0.717, 1.165) is 6.07 Å². The zero-order chi connectivity index (χ0) is 26.0. The molecule has 0 bridgehead atoms. The zero-order valence-corrected chi connectivity index (χ0v) is 19.0. The van der Waals surface area contributed by atoms with E-state index in [1.54, 1.807) is 0 Å². The van der Waals surface area contributed by atoms with Gasteiger partial charge in [0, 0.05) is 23.6 Å². The summed E-state index contributed by atoms with van der Waals surface area (Å²) in [5.41, 5.74) is -6.18. The van der Waals surface area contributed by atoms with E-state index < -0.39 is 33.8 Å². The third-order valence-electron chi connectivity index (χ3n) is 7.44. The Kier molecular flexibility index (Phi) is 6.41. The van der Waals surface area contributed by atoms with E-state index in [1.807, 2.05) is 0 Å². The molecule has 3 aliphatic rings. The number of nitrogens with two attached hydrogens (primary N) is 1. The Hall–Kier alpha value is -1.93. The fraction of sp³-hybridized carbons (Fsp3) is 0.667. The van der Waals surface area contributed by atoms with Gasteiger partial charge >= 0.3 is 18.0 Å². The number of rotatable bonds is 5. The summed E-state index contributed by atoms with van der Waals surface area (Å²) in [4.78, 5) is 12.8. The lowest BCUT2D eigenvalue weighted by atomic mass is 9.73. The van der Waals surface area contributed by atoms with Crippen molar-refractivity contribution in [1.29, 1.82) is 0 Å². The number of amides is 1. The van der Waals surface area contributed by atoms with Crippen LogP contribution in [0, 0.1) is 11.8 Å². The van der Waals surface area contributed by atoms with Crippen molar-refractivity contribution in [2.45, 2.75) is 74.5 Å². The Labute approximate surface area is 197 Å². The van der Waals surface area contributed by atoms with Gasteiger partial charge < -0.3 is 5.32 Å². The van der Waals surface area contributed by atoms with E-state index in [0.29, 0.717) is 49.8 Å². The zero-order valence-electron chi connectivity index (χ0n) is 18.2. The lowest BCUT2D eigenvalue weighted by Gasteiger charge is -2.37. The largest absolute Gasteiger partial charge is 0.435 e. The maximum atomic E-state index is 14.5. The van der Waals surface area contributed by atoms with Gasteiger partial charge in [0.15, 0.2) is 0 Å². The summed E-state index contributed by atoms with van der Waals surface area (Å²) in [7, 11) is -3.84. The molecule has 0 spiro atoms. The molecule has 0 aromatic heterocycles. The number of halogens is 7. The average molecular weight is 531 g/mol. The molecule has 4 rings (SSSR count). The van der Waals surface area contributed by atoms with Crippen LogP contribution in [0.1, 0.15) is 54.7 Å². The minimum atomic E-state index is -6.17. The normalized spacial score (nSPS) is 29.2. The van der Waals surface area contributed by atoms with Crippen LogP contribution in [0.25, 0.3) is 0 Å². The molecule has 14 heteroatoms. The minimum Gasteiger partial charge on any atom is -0.353 e. The Balaban J connectivity index is 1.46. The van der Waals surface area contributed by atoms with Crippen molar-refractivity contribution in [3.63, 3.8) is 0 Å². The lowest BCUT2D eigenvalue weighted by molar-refractivity contribution is -0.348. The molecular weight excluding hydrogens is 507 g/mol. The van der Waals surface area contributed by atoms with E-state index >= 15 is 0 Å². The van der Waals surface area contributed by atoms with Gasteiger partial charge in [-0.3, -0.25) is 4.79 Å². The van der Waals surface area contributed by atoms with Gasteiger partial charge in [0.2, 0.25) is 5.91 Å². The molecule has 3 aliphatic carbocycles. The molecule has 1 aromatic carbocycles. The van der Waals surface area contributed by atoms with Crippen molar-refractivity contribution in [3.8, 4) is 0 Å². The van der Waals surface area contributed by atoms with Gasteiger partial charge in [0.1, 0.15) is 0 Å². The molecule has 196 valence electrons. The smallest absolute Gasteiger partial charge is 0.353 e. The van der Waals surface area contributed by atoms with Crippen LogP contribution >= 0.6 is 0 Å². The average Bonchev–Trinajstić information content (AvgIpc) is 3.13. The monoisotopic (exact) mass is 531 g/mol.